The van der Waals surface area contributed by atoms with Gasteiger partial charge in [0.2, 0.25) is 11.8 Å². The van der Waals surface area contributed by atoms with Crippen LogP contribution >= 0.6 is 11.6 Å². The van der Waals surface area contributed by atoms with Crippen molar-refractivity contribution >= 4 is 51.0 Å². The molecule has 0 bridgehead atoms. The van der Waals surface area contributed by atoms with Crippen LogP contribution in [0.15, 0.2) is 48.8 Å². The van der Waals surface area contributed by atoms with Gasteiger partial charge in [-0.25, -0.2) is 9.97 Å². The number of aromatic amines is 1. The number of carbonyl (C=O) groups is 2. The molecule has 38 heavy (non-hydrogen) atoms. The maximum absolute atomic E-state index is 13.7. The molecule has 0 saturated carbocycles. The Bertz CT molecular complexity index is 1520. The largest absolute Gasteiger partial charge is 0.383 e. The summed E-state index contributed by atoms with van der Waals surface area (Å²) in [6.45, 7) is 3.51. The lowest BCUT2D eigenvalue weighted by molar-refractivity contribution is -0.155. The van der Waals surface area contributed by atoms with E-state index in [0.29, 0.717) is 62.3 Å². The van der Waals surface area contributed by atoms with Crippen molar-refractivity contribution in [1.29, 1.82) is 0 Å². The van der Waals surface area contributed by atoms with Crippen LogP contribution < -0.4 is 5.73 Å². The second kappa shape index (κ2) is 10.2. The van der Waals surface area contributed by atoms with Crippen molar-refractivity contribution in [3.63, 3.8) is 0 Å². The SMILES string of the molecule is Nc1ncnc2cc(CN3C(=O)CN(Cc4cc5cc(Cl)ccc5[nH]4)CC3C(=O)N3CCOCC3)ccc12. The number of ether oxygens (including phenoxy) is 1. The van der Waals surface area contributed by atoms with E-state index in [1.54, 1.807) is 9.80 Å². The van der Waals surface area contributed by atoms with E-state index >= 15 is 0 Å². The van der Waals surface area contributed by atoms with Crippen LogP contribution in [0.5, 0.6) is 0 Å². The van der Waals surface area contributed by atoms with Gasteiger partial charge in [-0.3, -0.25) is 14.5 Å². The van der Waals surface area contributed by atoms with Gasteiger partial charge in [0.15, 0.2) is 0 Å². The standard InChI is InChI=1S/C27H28ClN7O3/c28-19-2-4-22-18(10-19)11-20(32-22)13-33-14-24(27(37)34-5-7-38-8-6-34)35(25(36)15-33)12-17-1-3-21-23(9-17)30-16-31-26(21)29/h1-4,9-11,16,24,32H,5-8,12-15H2,(H2,29,30,31). The monoisotopic (exact) mass is 533 g/mol. The zero-order chi connectivity index (χ0) is 26.2. The van der Waals surface area contributed by atoms with Gasteiger partial charge in [0.25, 0.3) is 0 Å². The molecular weight excluding hydrogens is 506 g/mol. The molecule has 1 atom stereocenters. The van der Waals surface area contributed by atoms with Crippen LogP contribution in [0.25, 0.3) is 21.8 Å². The molecule has 2 amide bonds. The smallest absolute Gasteiger partial charge is 0.246 e. The van der Waals surface area contributed by atoms with Gasteiger partial charge < -0.3 is 25.3 Å². The Morgan fingerprint density at radius 2 is 1.95 bits per heavy atom. The van der Waals surface area contributed by atoms with Crippen molar-refractivity contribution in [3.05, 3.63) is 65.1 Å². The molecule has 0 spiro atoms. The topological polar surface area (TPSA) is 121 Å². The summed E-state index contributed by atoms with van der Waals surface area (Å²) in [5.41, 5.74) is 9.51. The van der Waals surface area contributed by atoms with Gasteiger partial charge >= 0.3 is 0 Å². The summed E-state index contributed by atoms with van der Waals surface area (Å²) in [6, 6.07) is 12.8. The van der Waals surface area contributed by atoms with Crippen molar-refractivity contribution in [2.24, 2.45) is 0 Å². The highest BCUT2D eigenvalue weighted by molar-refractivity contribution is 6.31. The number of anilines is 1. The number of fused-ring (bicyclic) bond motifs is 2. The van der Waals surface area contributed by atoms with Crippen molar-refractivity contribution in [3.8, 4) is 0 Å². The van der Waals surface area contributed by atoms with Crippen LogP contribution in [0.4, 0.5) is 5.82 Å². The number of rotatable bonds is 5. The van der Waals surface area contributed by atoms with Crippen molar-refractivity contribution in [1.82, 2.24) is 29.7 Å². The average molecular weight is 534 g/mol. The lowest BCUT2D eigenvalue weighted by atomic mass is 10.1. The minimum absolute atomic E-state index is 0.0536. The summed E-state index contributed by atoms with van der Waals surface area (Å²) in [5, 5.41) is 2.44. The average Bonchev–Trinajstić information content (AvgIpc) is 3.31. The fourth-order valence-electron chi connectivity index (χ4n) is 5.30. The Balaban J connectivity index is 1.26. The molecule has 6 rings (SSSR count). The van der Waals surface area contributed by atoms with E-state index in [2.05, 4.69) is 15.0 Å². The molecule has 0 aliphatic carbocycles. The number of nitrogens with one attached hydrogen (secondary N) is 1. The van der Waals surface area contributed by atoms with E-state index < -0.39 is 6.04 Å². The molecule has 2 fully saturated rings. The summed E-state index contributed by atoms with van der Waals surface area (Å²) in [7, 11) is 0. The summed E-state index contributed by atoms with van der Waals surface area (Å²) in [5.74, 6) is 0.261. The zero-order valence-electron chi connectivity index (χ0n) is 20.8. The maximum atomic E-state index is 13.7. The van der Waals surface area contributed by atoms with Gasteiger partial charge in [-0.15, -0.1) is 0 Å². The van der Waals surface area contributed by atoms with E-state index in [9.17, 15) is 9.59 Å². The first kappa shape index (κ1) is 24.6. The van der Waals surface area contributed by atoms with Gasteiger partial charge in [-0.2, -0.15) is 0 Å². The third-order valence-electron chi connectivity index (χ3n) is 7.21. The first-order valence-electron chi connectivity index (χ1n) is 12.6. The third kappa shape index (κ3) is 4.90. The fourth-order valence-corrected chi connectivity index (χ4v) is 5.48. The quantitative estimate of drug-likeness (QED) is 0.404. The number of benzene rings is 2. The Kier molecular flexibility index (Phi) is 6.61. The molecule has 0 radical (unpaired) electrons. The molecule has 2 aliphatic rings. The second-order valence-corrected chi connectivity index (χ2v) is 10.2. The lowest BCUT2D eigenvalue weighted by Crippen LogP contribution is -2.62. The summed E-state index contributed by atoms with van der Waals surface area (Å²) in [4.78, 5) is 44.6. The molecule has 2 saturated heterocycles. The molecule has 11 heteroatoms. The van der Waals surface area contributed by atoms with Crippen LogP contribution in [0, 0.1) is 0 Å². The highest BCUT2D eigenvalue weighted by atomic mass is 35.5. The van der Waals surface area contributed by atoms with Gasteiger partial charge in [-0.05, 0) is 42.0 Å². The fraction of sp³-hybridized carbons (Fsp3) is 0.333. The number of nitrogen functional groups attached to an aromatic ring is 1. The highest BCUT2D eigenvalue weighted by Crippen LogP contribution is 2.25. The van der Waals surface area contributed by atoms with E-state index in [1.165, 1.54) is 6.33 Å². The van der Waals surface area contributed by atoms with E-state index in [-0.39, 0.29) is 18.4 Å². The van der Waals surface area contributed by atoms with Crippen LogP contribution in [0.1, 0.15) is 11.3 Å². The first-order chi connectivity index (χ1) is 18.4. The number of hydrogen-bond donors (Lipinski definition) is 2. The van der Waals surface area contributed by atoms with Gasteiger partial charge in [-0.1, -0.05) is 17.7 Å². The molecule has 2 aromatic carbocycles. The number of nitrogens with zero attached hydrogens (tertiary/aromatic N) is 5. The van der Waals surface area contributed by atoms with E-state index in [4.69, 9.17) is 22.1 Å². The molecular formula is C27H28ClN7O3. The normalized spacial score (nSPS) is 19.0. The molecule has 2 aromatic heterocycles. The summed E-state index contributed by atoms with van der Waals surface area (Å²) >= 11 is 6.15. The predicted octanol–water partition coefficient (Wildman–Crippen LogP) is 2.42. The minimum Gasteiger partial charge on any atom is -0.383 e. The third-order valence-corrected chi connectivity index (χ3v) is 7.45. The van der Waals surface area contributed by atoms with E-state index in [0.717, 1.165) is 27.5 Å². The van der Waals surface area contributed by atoms with Crippen LogP contribution in [-0.2, 0) is 27.4 Å². The number of H-pyrrole nitrogens is 1. The minimum atomic E-state index is -0.612. The molecule has 10 nitrogen and oxygen atoms in total. The molecule has 3 N–H and O–H groups in total. The molecule has 4 heterocycles. The number of halogens is 1. The van der Waals surface area contributed by atoms with Crippen LogP contribution in [0.2, 0.25) is 5.02 Å². The lowest BCUT2D eigenvalue weighted by Gasteiger charge is -2.42. The number of carbonyl (C=O) groups excluding carboxylic acids is 2. The van der Waals surface area contributed by atoms with Crippen molar-refractivity contribution in [2.45, 2.75) is 19.1 Å². The summed E-state index contributed by atoms with van der Waals surface area (Å²) < 4.78 is 5.45. The Morgan fingerprint density at radius 3 is 2.79 bits per heavy atom. The van der Waals surface area contributed by atoms with Gasteiger partial charge in [0.1, 0.15) is 18.2 Å². The van der Waals surface area contributed by atoms with Crippen molar-refractivity contribution in [2.75, 3.05) is 45.1 Å². The Labute approximate surface area is 224 Å². The number of piperazine rings is 1. The number of hydrogen-bond acceptors (Lipinski definition) is 7. The summed E-state index contributed by atoms with van der Waals surface area (Å²) in [6.07, 6.45) is 1.42. The molecule has 2 aliphatic heterocycles. The van der Waals surface area contributed by atoms with Crippen molar-refractivity contribution < 1.29 is 14.3 Å². The number of nitrogens with two attached hydrogens (primary N) is 1. The number of aromatic nitrogens is 3. The molecule has 4 aromatic rings. The zero-order valence-corrected chi connectivity index (χ0v) is 21.5. The highest BCUT2D eigenvalue weighted by Gasteiger charge is 2.39. The Hall–Kier alpha value is -3.73. The van der Waals surface area contributed by atoms with E-state index in [1.807, 2.05) is 47.4 Å². The maximum Gasteiger partial charge on any atom is 0.246 e. The van der Waals surface area contributed by atoms with Gasteiger partial charge in [0, 0.05) is 59.7 Å². The van der Waals surface area contributed by atoms with Crippen LogP contribution in [0.3, 0.4) is 0 Å². The molecule has 196 valence electrons. The second-order valence-electron chi connectivity index (χ2n) is 9.78. The van der Waals surface area contributed by atoms with Gasteiger partial charge in [0.05, 0.1) is 25.3 Å². The molecule has 1 unspecified atom stereocenters. The Morgan fingerprint density at radius 1 is 1.11 bits per heavy atom. The predicted molar refractivity (Wildman–Crippen MR) is 144 cm³/mol. The number of morpholine rings is 1. The first-order valence-corrected chi connectivity index (χ1v) is 13.0. The van der Waals surface area contributed by atoms with Crippen LogP contribution in [-0.4, -0.2) is 86.9 Å². The number of amides is 2.